The van der Waals surface area contributed by atoms with Gasteiger partial charge in [-0.1, -0.05) is 11.8 Å². The first-order chi connectivity index (χ1) is 11.4. The summed E-state index contributed by atoms with van der Waals surface area (Å²) in [6.07, 6.45) is 6.45. The van der Waals surface area contributed by atoms with Gasteiger partial charge in [-0.05, 0) is 52.2 Å². The van der Waals surface area contributed by atoms with Gasteiger partial charge in [-0.25, -0.2) is 9.78 Å². The number of likely N-dealkylation sites (tertiary alicyclic amines) is 1. The predicted octanol–water partition coefficient (Wildman–Crippen LogP) is 3.61. The van der Waals surface area contributed by atoms with Crippen molar-refractivity contribution in [2.45, 2.75) is 50.8 Å². The number of thioether (sulfide) groups is 1. The molecular weight excluding hydrogens is 326 g/mol. The van der Waals surface area contributed by atoms with Crippen LogP contribution in [0.15, 0.2) is 17.4 Å². The lowest BCUT2D eigenvalue weighted by Crippen LogP contribution is -2.43. The highest BCUT2D eigenvalue weighted by Gasteiger charge is 2.27. The molecule has 7 heteroatoms. The highest BCUT2D eigenvalue weighted by atomic mass is 32.2. The summed E-state index contributed by atoms with van der Waals surface area (Å²) in [4.78, 5) is 22.4. The second-order valence-electron chi connectivity index (χ2n) is 6.95. The van der Waals surface area contributed by atoms with Crippen LogP contribution in [-0.4, -0.2) is 52.5 Å². The Morgan fingerprint density at radius 2 is 2.25 bits per heavy atom. The van der Waals surface area contributed by atoms with E-state index in [2.05, 4.69) is 9.97 Å². The van der Waals surface area contributed by atoms with Gasteiger partial charge in [0.1, 0.15) is 5.60 Å². The first kappa shape index (κ1) is 18.8. The molecule has 6 nitrogen and oxygen atoms in total. The van der Waals surface area contributed by atoms with E-state index in [9.17, 15) is 4.79 Å². The minimum absolute atomic E-state index is 0.214. The topological polar surface area (TPSA) is 64.5 Å². The van der Waals surface area contributed by atoms with Gasteiger partial charge in [-0.15, -0.1) is 0 Å². The number of hydrogen-bond donors (Lipinski definition) is 0. The van der Waals surface area contributed by atoms with Crippen LogP contribution >= 0.6 is 11.8 Å². The van der Waals surface area contributed by atoms with Crippen molar-refractivity contribution in [3.05, 3.63) is 12.3 Å². The van der Waals surface area contributed by atoms with Gasteiger partial charge < -0.3 is 14.4 Å². The standard InChI is InChI=1S/C17H27N3O3S/c1-17(2,3)23-16(21)20-10-5-6-13(12-20)8-11-22-14-7-9-18-15(19-14)24-4/h7,9,13H,5-6,8,10-12H2,1-4H3/t13-/m1/s1. The lowest BCUT2D eigenvalue weighted by Gasteiger charge is -2.34. The number of nitrogens with zero attached hydrogens (tertiary/aromatic N) is 3. The molecule has 0 aromatic carbocycles. The van der Waals surface area contributed by atoms with E-state index in [-0.39, 0.29) is 6.09 Å². The number of carbonyl (C=O) groups excluding carboxylic acids is 1. The Morgan fingerprint density at radius 3 is 2.96 bits per heavy atom. The SMILES string of the molecule is CSc1nccc(OCC[C@H]2CCCN(C(=O)OC(C)(C)C)C2)n1. The van der Waals surface area contributed by atoms with E-state index < -0.39 is 5.60 Å². The Labute approximate surface area is 148 Å². The van der Waals surface area contributed by atoms with Crippen LogP contribution in [0.25, 0.3) is 0 Å². The van der Waals surface area contributed by atoms with Gasteiger partial charge >= 0.3 is 6.09 Å². The van der Waals surface area contributed by atoms with Crippen LogP contribution in [-0.2, 0) is 4.74 Å². The van der Waals surface area contributed by atoms with E-state index in [0.717, 1.165) is 32.4 Å². The second kappa shape index (κ2) is 8.55. The smallest absolute Gasteiger partial charge is 0.410 e. The summed E-state index contributed by atoms with van der Waals surface area (Å²) in [6.45, 7) is 7.78. The summed E-state index contributed by atoms with van der Waals surface area (Å²) >= 11 is 1.49. The quantitative estimate of drug-likeness (QED) is 0.595. The number of piperidine rings is 1. The van der Waals surface area contributed by atoms with Crippen molar-refractivity contribution >= 4 is 17.9 Å². The summed E-state index contributed by atoms with van der Waals surface area (Å²) in [7, 11) is 0. The van der Waals surface area contributed by atoms with Crippen LogP contribution in [0.4, 0.5) is 4.79 Å². The van der Waals surface area contributed by atoms with Crippen LogP contribution in [0.3, 0.4) is 0 Å². The van der Waals surface area contributed by atoms with Crippen LogP contribution in [0.5, 0.6) is 5.88 Å². The molecule has 1 saturated heterocycles. The molecule has 1 aliphatic rings. The van der Waals surface area contributed by atoms with E-state index in [1.54, 1.807) is 12.3 Å². The minimum atomic E-state index is -0.449. The summed E-state index contributed by atoms with van der Waals surface area (Å²) in [5.41, 5.74) is -0.449. The summed E-state index contributed by atoms with van der Waals surface area (Å²) in [5, 5.41) is 0.710. The third-order valence-corrected chi connectivity index (χ3v) is 4.30. The molecule has 1 atom stereocenters. The van der Waals surface area contributed by atoms with Gasteiger partial charge in [0.2, 0.25) is 5.88 Å². The molecular formula is C17H27N3O3S. The molecule has 1 aromatic rings. The van der Waals surface area contributed by atoms with Crippen molar-refractivity contribution in [3.8, 4) is 5.88 Å². The Bertz CT molecular complexity index is 548. The Kier molecular flexibility index (Phi) is 6.71. The van der Waals surface area contributed by atoms with Gasteiger partial charge in [-0.2, -0.15) is 4.98 Å². The van der Waals surface area contributed by atoms with E-state index in [0.29, 0.717) is 23.6 Å². The lowest BCUT2D eigenvalue weighted by atomic mass is 9.95. The molecule has 2 rings (SSSR count). The maximum atomic E-state index is 12.2. The van der Waals surface area contributed by atoms with Crippen LogP contribution in [0.2, 0.25) is 0 Å². The number of hydrogen-bond acceptors (Lipinski definition) is 6. The largest absolute Gasteiger partial charge is 0.478 e. The first-order valence-electron chi connectivity index (χ1n) is 8.35. The molecule has 134 valence electrons. The molecule has 1 amide bonds. The Hall–Kier alpha value is -1.50. The van der Waals surface area contributed by atoms with Crippen molar-refractivity contribution in [2.24, 2.45) is 5.92 Å². The monoisotopic (exact) mass is 353 g/mol. The highest BCUT2D eigenvalue weighted by Crippen LogP contribution is 2.22. The number of amides is 1. The fourth-order valence-corrected chi connectivity index (χ4v) is 2.97. The molecule has 0 aliphatic carbocycles. The molecule has 1 fully saturated rings. The molecule has 24 heavy (non-hydrogen) atoms. The number of carbonyl (C=O) groups is 1. The zero-order chi connectivity index (χ0) is 17.6. The molecule has 0 unspecified atom stereocenters. The second-order valence-corrected chi connectivity index (χ2v) is 7.73. The van der Waals surface area contributed by atoms with Crippen molar-refractivity contribution in [1.29, 1.82) is 0 Å². The fourth-order valence-electron chi connectivity index (χ4n) is 2.63. The number of aromatic nitrogens is 2. The molecule has 0 N–H and O–H groups in total. The highest BCUT2D eigenvalue weighted by molar-refractivity contribution is 7.98. The molecule has 1 aliphatic heterocycles. The minimum Gasteiger partial charge on any atom is -0.478 e. The summed E-state index contributed by atoms with van der Waals surface area (Å²) in [6, 6.07) is 1.77. The molecule has 0 spiro atoms. The van der Waals surface area contributed by atoms with E-state index >= 15 is 0 Å². The predicted molar refractivity (Wildman–Crippen MR) is 94.5 cm³/mol. The zero-order valence-corrected chi connectivity index (χ0v) is 15.8. The van der Waals surface area contributed by atoms with E-state index in [4.69, 9.17) is 9.47 Å². The van der Waals surface area contributed by atoms with E-state index in [1.807, 2.05) is 31.9 Å². The van der Waals surface area contributed by atoms with Crippen LogP contribution < -0.4 is 4.74 Å². The van der Waals surface area contributed by atoms with Crippen molar-refractivity contribution in [3.63, 3.8) is 0 Å². The summed E-state index contributed by atoms with van der Waals surface area (Å²) < 4.78 is 11.2. The lowest BCUT2D eigenvalue weighted by molar-refractivity contribution is 0.0154. The number of rotatable bonds is 5. The normalized spacial score (nSPS) is 18.3. The molecule has 1 aromatic heterocycles. The average Bonchev–Trinajstić information content (AvgIpc) is 2.54. The van der Waals surface area contributed by atoms with Gasteiger partial charge in [0, 0.05) is 25.4 Å². The van der Waals surface area contributed by atoms with Crippen LogP contribution in [0.1, 0.15) is 40.0 Å². The van der Waals surface area contributed by atoms with Crippen molar-refractivity contribution < 1.29 is 14.3 Å². The first-order valence-corrected chi connectivity index (χ1v) is 9.57. The maximum Gasteiger partial charge on any atom is 0.410 e. The van der Waals surface area contributed by atoms with Gasteiger partial charge in [0.25, 0.3) is 0 Å². The maximum absolute atomic E-state index is 12.2. The Morgan fingerprint density at radius 1 is 1.46 bits per heavy atom. The third-order valence-electron chi connectivity index (χ3n) is 3.74. The summed E-state index contributed by atoms with van der Waals surface area (Å²) in [5.74, 6) is 1.04. The fraction of sp³-hybridized carbons (Fsp3) is 0.706. The van der Waals surface area contributed by atoms with Gasteiger partial charge in [-0.3, -0.25) is 0 Å². The molecule has 0 bridgehead atoms. The van der Waals surface area contributed by atoms with Gasteiger partial charge in [0.15, 0.2) is 5.16 Å². The molecule has 2 heterocycles. The van der Waals surface area contributed by atoms with Gasteiger partial charge in [0.05, 0.1) is 6.61 Å². The molecule has 0 radical (unpaired) electrons. The average molecular weight is 353 g/mol. The number of ether oxygens (including phenoxy) is 2. The van der Waals surface area contributed by atoms with E-state index in [1.165, 1.54) is 11.8 Å². The van der Waals surface area contributed by atoms with Crippen molar-refractivity contribution in [2.75, 3.05) is 26.0 Å². The van der Waals surface area contributed by atoms with Crippen LogP contribution in [0, 0.1) is 5.92 Å². The third kappa shape index (κ3) is 6.19. The molecule has 0 saturated carbocycles. The zero-order valence-electron chi connectivity index (χ0n) is 14.9. The van der Waals surface area contributed by atoms with Crippen molar-refractivity contribution in [1.82, 2.24) is 14.9 Å². The Balaban J connectivity index is 1.77.